The Morgan fingerprint density at radius 1 is 1.08 bits per heavy atom. The zero-order valence-corrected chi connectivity index (χ0v) is 22.2. The minimum atomic E-state index is -0.238. The summed E-state index contributed by atoms with van der Waals surface area (Å²) < 4.78 is 13.3. The van der Waals surface area contributed by atoms with Crippen molar-refractivity contribution in [2.75, 3.05) is 23.9 Å². The third-order valence-electron chi connectivity index (χ3n) is 6.38. The third kappa shape index (κ3) is 4.92. The summed E-state index contributed by atoms with van der Waals surface area (Å²) in [7, 11) is 1.58. The van der Waals surface area contributed by atoms with Crippen molar-refractivity contribution in [3.05, 3.63) is 96.6 Å². The van der Waals surface area contributed by atoms with Gasteiger partial charge in [0.2, 0.25) is 5.91 Å². The first kappa shape index (κ1) is 25.3. The van der Waals surface area contributed by atoms with Crippen LogP contribution < -0.4 is 25.0 Å². The van der Waals surface area contributed by atoms with Gasteiger partial charge in [-0.05, 0) is 85.9 Å². The van der Waals surface area contributed by atoms with Crippen LogP contribution in [0, 0.1) is 0 Å². The van der Waals surface area contributed by atoms with Crippen LogP contribution in [0.3, 0.4) is 0 Å². The van der Waals surface area contributed by atoms with Gasteiger partial charge in [-0.25, -0.2) is 0 Å². The van der Waals surface area contributed by atoms with Crippen molar-refractivity contribution in [3.8, 4) is 17.2 Å². The Balaban J connectivity index is 1.62. The molecule has 1 saturated heterocycles. The van der Waals surface area contributed by atoms with Crippen molar-refractivity contribution in [1.82, 2.24) is 14.9 Å². The highest BCUT2D eigenvalue weighted by Gasteiger charge is 2.42. The van der Waals surface area contributed by atoms with E-state index >= 15 is 0 Å². The van der Waals surface area contributed by atoms with E-state index in [0.29, 0.717) is 23.2 Å². The molecule has 194 valence electrons. The van der Waals surface area contributed by atoms with E-state index in [0.717, 1.165) is 28.5 Å². The number of aromatic nitrogens is 2. The van der Waals surface area contributed by atoms with Crippen molar-refractivity contribution in [3.63, 3.8) is 0 Å². The fraction of sp³-hybridized carbons (Fsp3) is 0.207. The Bertz CT molecular complexity index is 1440. The summed E-state index contributed by atoms with van der Waals surface area (Å²) in [5.41, 5.74) is 4.28. The van der Waals surface area contributed by atoms with Crippen molar-refractivity contribution in [2.45, 2.75) is 25.9 Å². The fourth-order valence-electron chi connectivity index (χ4n) is 4.81. The summed E-state index contributed by atoms with van der Waals surface area (Å²) in [5.74, 6) is 1.21. The van der Waals surface area contributed by atoms with Crippen LogP contribution in [0.15, 0.2) is 85.2 Å². The van der Waals surface area contributed by atoms with Gasteiger partial charge < -0.3 is 29.6 Å². The molecule has 1 aliphatic rings. The van der Waals surface area contributed by atoms with E-state index in [4.69, 9.17) is 21.7 Å². The van der Waals surface area contributed by atoms with E-state index in [9.17, 15) is 4.79 Å². The van der Waals surface area contributed by atoms with Gasteiger partial charge in [0.15, 0.2) is 5.11 Å². The number of hydrogen-bond acceptors (Lipinski definition) is 5. The Labute approximate surface area is 227 Å². The van der Waals surface area contributed by atoms with E-state index in [-0.39, 0.29) is 18.0 Å². The summed E-state index contributed by atoms with van der Waals surface area (Å²) >= 11 is 5.89. The molecule has 3 heterocycles. The number of nitrogens with zero attached hydrogens (tertiary/aromatic N) is 3. The van der Waals surface area contributed by atoms with E-state index in [1.165, 1.54) is 6.92 Å². The van der Waals surface area contributed by atoms with Crippen LogP contribution in [-0.4, -0.2) is 34.3 Å². The highest BCUT2D eigenvalue weighted by Crippen LogP contribution is 2.43. The maximum atomic E-state index is 11.9. The Kier molecular flexibility index (Phi) is 7.28. The highest BCUT2D eigenvalue weighted by atomic mass is 32.1. The average molecular weight is 528 g/mol. The van der Waals surface area contributed by atoms with Crippen LogP contribution in [0.4, 0.5) is 11.4 Å². The summed E-state index contributed by atoms with van der Waals surface area (Å²) in [5, 5.41) is 6.92. The molecule has 2 atom stereocenters. The zero-order valence-electron chi connectivity index (χ0n) is 21.4. The second-order valence-corrected chi connectivity index (χ2v) is 9.18. The molecule has 0 radical (unpaired) electrons. The first-order chi connectivity index (χ1) is 18.5. The number of anilines is 2. The molecule has 1 aliphatic heterocycles. The molecule has 0 aliphatic carbocycles. The number of nitrogens with one attached hydrogen (secondary N) is 2. The predicted octanol–water partition coefficient (Wildman–Crippen LogP) is 5.42. The maximum Gasteiger partial charge on any atom is 0.221 e. The van der Waals surface area contributed by atoms with Gasteiger partial charge in [0.05, 0.1) is 31.1 Å². The first-order valence-electron chi connectivity index (χ1n) is 12.4. The number of ether oxygens (including phenoxy) is 2. The van der Waals surface area contributed by atoms with Crippen LogP contribution in [-0.2, 0) is 4.79 Å². The fourth-order valence-corrected chi connectivity index (χ4v) is 5.15. The number of pyridine rings is 1. The molecule has 0 spiro atoms. The summed E-state index contributed by atoms with van der Waals surface area (Å²) in [6.45, 7) is 4.05. The van der Waals surface area contributed by atoms with Crippen LogP contribution >= 0.6 is 12.2 Å². The van der Waals surface area contributed by atoms with Crippen LogP contribution in [0.25, 0.3) is 5.69 Å². The molecule has 8 nitrogen and oxygen atoms in total. The number of hydrogen-bond donors (Lipinski definition) is 2. The van der Waals surface area contributed by atoms with Crippen molar-refractivity contribution < 1.29 is 14.3 Å². The number of benzene rings is 2. The van der Waals surface area contributed by atoms with Gasteiger partial charge >= 0.3 is 0 Å². The zero-order chi connectivity index (χ0) is 26.6. The molecule has 2 N–H and O–H groups in total. The van der Waals surface area contributed by atoms with Gasteiger partial charge in [0.1, 0.15) is 17.5 Å². The molecule has 38 heavy (non-hydrogen) atoms. The summed E-state index contributed by atoms with van der Waals surface area (Å²) in [6.07, 6.45) is 3.82. The molecular weight excluding hydrogens is 498 g/mol. The van der Waals surface area contributed by atoms with Crippen molar-refractivity contribution in [1.29, 1.82) is 0 Å². The van der Waals surface area contributed by atoms with Crippen molar-refractivity contribution >= 4 is 34.6 Å². The van der Waals surface area contributed by atoms with Gasteiger partial charge in [0, 0.05) is 36.4 Å². The maximum absolute atomic E-state index is 11.9. The van der Waals surface area contributed by atoms with Crippen LogP contribution in [0.1, 0.15) is 37.3 Å². The van der Waals surface area contributed by atoms with E-state index in [2.05, 4.69) is 31.2 Å². The molecule has 2 aromatic carbocycles. The molecule has 0 bridgehead atoms. The standard InChI is InChI=1S/C29H29N5O3S/c1-4-37-22-13-10-20(11-14-22)33-17-7-9-25(33)28-27(23-8-5-6-16-30-23)32-29(38)34(28)21-12-15-26(36-3)24(18-21)31-19(2)35/h5-18,27-28H,4H2,1-3H3,(H,31,35)(H,32,38). The molecule has 1 amide bonds. The second-order valence-electron chi connectivity index (χ2n) is 8.79. The molecule has 4 aromatic rings. The van der Waals surface area contributed by atoms with Gasteiger partial charge in [-0.3, -0.25) is 9.78 Å². The quantitative estimate of drug-likeness (QED) is 0.296. The van der Waals surface area contributed by atoms with E-state index < -0.39 is 0 Å². The molecule has 5 rings (SSSR count). The lowest BCUT2D eigenvalue weighted by atomic mass is 10.0. The topological polar surface area (TPSA) is 80.7 Å². The lowest BCUT2D eigenvalue weighted by Crippen LogP contribution is -2.30. The minimum absolute atomic E-state index is 0.185. The number of carbonyl (C=O) groups excluding carboxylic acids is 1. The van der Waals surface area contributed by atoms with E-state index in [1.54, 1.807) is 13.3 Å². The van der Waals surface area contributed by atoms with Gasteiger partial charge in [-0.2, -0.15) is 0 Å². The highest BCUT2D eigenvalue weighted by molar-refractivity contribution is 7.80. The van der Waals surface area contributed by atoms with Crippen molar-refractivity contribution in [2.24, 2.45) is 0 Å². The van der Waals surface area contributed by atoms with Gasteiger partial charge in [-0.15, -0.1) is 0 Å². The first-order valence-corrected chi connectivity index (χ1v) is 12.8. The number of thiocarbonyl (C=S) groups is 1. The number of rotatable bonds is 8. The van der Waals surface area contributed by atoms with Gasteiger partial charge in [0.25, 0.3) is 0 Å². The molecular formula is C29H29N5O3S. The number of amides is 1. The Morgan fingerprint density at radius 2 is 1.87 bits per heavy atom. The predicted molar refractivity (Wildman–Crippen MR) is 152 cm³/mol. The minimum Gasteiger partial charge on any atom is -0.495 e. The summed E-state index contributed by atoms with van der Waals surface area (Å²) in [4.78, 5) is 18.6. The monoisotopic (exact) mass is 527 g/mol. The third-order valence-corrected chi connectivity index (χ3v) is 6.69. The van der Waals surface area contributed by atoms with Crippen LogP contribution in [0.2, 0.25) is 0 Å². The molecule has 2 aromatic heterocycles. The molecule has 2 unspecified atom stereocenters. The Morgan fingerprint density at radius 3 is 2.55 bits per heavy atom. The number of methoxy groups -OCH3 is 1. The SMILES string of the molecule is CCOc1ccc(-n2cccc2C2C(c3ccccn3)NC(=S)N2c2ccc(OC)c(NC(C)=O)c2)cc1. The van der Waals surface area contributed by atoms with E-state index in [1.807, 2.05) is 79.9 Å². The normalized spacial score (nSPS) is 16.7. The lowest BCUT2D eigenvalue weighted by Gasteiger charge is -2.29. The average Bonchev–Trinajstić information content (AvgIpc) is 3.54. The smallest absolute Gasteiger partial charge is 0.221 e. The molecule has 0 saturated carbocycles. The molecule has 9 heteroatoms. The number of carbonyl (C=O) groups is 1. The lowest BCUT2D eigenvalue weighted by molar-refractivity contribution is -0.114. The van der Waals surface area contributed by atoms with Gasteiger partial charge in [-0.1, -0.05) is 6.07 Å². The second kappa shape index (κ2) is 10.9. The van der Waals surface area contributed by atoms with Crippen LogP contribution in [0.5, 0.6) is 11.5 Å². The summed E-state index contributed by atoms with van der Waals surface area (Å²) in [6, 6.07) is 23.2. The largest absolute Gasteiger partial charge is 0.495 e. The Hall–Kier alpha value is -4.37. The molecule has 1 fully saturated rings.